The Labute approximate surface area is 174 Å². The minimum atomic E-state index is -1.15. The molecule has 1 aliphatic rings. The molecule has 0 unspecified atom stereocenters. The molecule has 2 atom stereocenters. The highest BCUT2D eigenvalue weighted by Gasteiger charge is 2.34. The Balaban J connectivity index is 2.03. The van der Waals surface area contributed by atoms with E-state index in [0.29, 0.717) is 5.75 Å². The quantitative estimate of drug-likeness (QED) is 0.641. The molecule has 1 aliphatic heterocycles. The summed E-state index contributed by atoms with van der Waals surface area (Å²) in [6.45, 7) is 3.80. The summed E-state index contributed by atoms with van der Waals surface area (Å²) in [6, 6.07) is 13.8. The molecule has 3 rings (SSSR count). The largest absolute Gasteiger partial charge is 0.482 e. The Bertz CT molecular complexity index is 975. The Hall–Kier alpha value is -2.96. The third-order valence-electron chi connectivity index (χ3n) is 4.98. The van der Waals surface area contributed by atoms with Gasteiger partial charge in [0.15, 0.2) is 0 Å². The molecule has 6 heteroatoms. The van der Waals surface area contributed by atoms with E-state index in [4.69, 9.17) is 9.84 Å². The lowest BCUT2D eigenvalue weighted by Gasteiger charge is -2.36. The lowest BCUT2D eigenvalue weighted by atomic mass is 9.82. The predicted molar refractivity (Wildman–Crippen MR) is 112 cm³/mol. The minimum absolute atomic E-state index is 0.0974. The van der Waals surface area contributed by atoms with E-state index in [1.165, 1.54) is 18.2 Å². The number of fused-ring (bicyclic) bond motifs is 1. The van der Waals surface area contributed by atoms with Crippen LogP contribution in [0, 0.1) is 5.82 Å². The minimum Gasteiger partial charge on any atom is -0.482 e. The number of ether oxygens (including phenoxy) is 1. The molecule has 2 aromatic carbocycles. The number of rotatable bonds is 7. The first-order valence-electron chi connectivity index (χ1n) is 9.72. The van der Waals surface area contributed by atoms with E-state index in [-0.39, 0.29) is 12.2 Å². The lowest BCUT2D eigenvalue weighted by molar-refractivity contribution is -0.139. The summed E-state index contributed by atoms with van der Waals surface area (Å²) in [4.78, 5) is 10.7. The molecule has 5 nitrogen and oxygen atoms in total. The molecule has 1 heterocycles. The second-order valence-corrected chi connectivity index (χ2v) is 7.82. The number of aliphatic hydroxyl groups is 2. The average Bonchev–Trinajstić information content (AvgIpc) is 2.65. The fraction of sp³-hybridized carbons (Fsp3) is 0.292. The van der Waals surface area contributed by atoms with Gasteiger partial charge in [0.1, 0.15) is 17.2 Å². The van der Waals surface area contributed by atoms with Crippen LogP contribution in [0.4, 0.5) is 4.39 Å². The van der Waals surface area contributed by atoms with Gasteiger partial charge in [0.05, 0.1) is 18.6 Å². The number of hydrogen-bond acceptors (Lipinski definition) is 4. The van der Waals surface area contributed by atoms with E-state index in [1.54, 1.807) is 18.2 Å². The van der Waals surface area contributed by atoms with Crippen LogP contribution in [0.5, 0.6) is 5.75 Å². The van der Waals surface area contributed by atoms with Crippen molar-refractivity contribution in [2.24, 2.45) is 0 Å². The Morgan fingerprint density at radius 2 is 1.80 bits per heavy atom. The average molecular weight is 412 g/mol. The van der Waals surface area contributed by atoms with Gasteiger partial charge in [-0.15, -0.1) is 0 Å². The number of carboxylic acid groups (broad SMARTS) is 1. The number of halogens is 1. The summed E-state index contributed by atoms with van der Waals surface area (Å²) in [6.07, 6.45) is 0.532. The van der Waals surface area contributed by atoms with Gasteiger partial charge in [0.25, 0.3) is 0 Å². The SMILES string of the molecule is CC1(C)Oc2ccccc2C(c2ccc(F)cc2)=C1C=C[C@@H](O)C[C@@H](O)CC(=O)O. The summed E-state index contributed by atoms with van der Waals surface area (Å²) in [5.74, 6) is -0.756. The first-order valence-corrected chi connectivity index (χ1v) is 9.72. The van der Waals surface area contributed by atoms with Crippen molar-refractivity contribution in [1.29, 1.82) is 0 Å². The van der Waals surface area contributed by atoms with Crippen molar-refractivity contribution >= 4 is 11.5 Å². The number of benzene rings is 2. The predicted octanol–water partition coefficient (Wildman–Crippen LogP) is 3.94. The van der Waals surface area contributed by atoms with Crippen LogP contribution < -0.4 is 4.74 Å². The van der Waals surface area contributed by atoms with Crippen molar-refractivity contribution < 1.29 is 29.2 Å². The van der Waals surface area contributed by atoms with Gasteiger partial charge in [-0.05, 0) is 43.2 Å². The monoisotopic (exact) mass is 412 g/mol. The van der Waals surface area contributed by atoms with Gasteiger partial charge in [-0.3, -0.25) is 4.79 Å². The second kappa shape index (κ2) is 8.81. The summed E-state index contributed by atoms with van der Waals surface area (Å²) < 4.78 is 19.7. The lowest BCUT2D eigenvalue weighted by Crippen LogP contribution is -2.34. The van der Waals surface area contributed by atoms with E-state index < -0.39 is 30.2 Å². The summed E-state index contributed by atoms with van der Waals surface area (Å²) in [5, 5.41) is 28.8. The third kappa shape index (κ3) is 4.96. The van der Waals surface area contributed by atoms with Crippen molar-refractivity contribution in [3.8, 4) is 5.75 Å². The fourth-order valence-corrected chi connectivity index (χ4v) is 3.60. The standard InChI is InChI=1S/C24H25FO5/c1-24(2)20(12-11-17(26)13-18(27)14-22(28)29)23(15-7-9-16(25)10-8-15)19-5-3-4-6-21(19)30-24/h3-12,17-18,26-27H,13-14H2,1-2H3,(H,28,29)/t17-,18-/m1/s1. The summed E-state index contributed by atoms with van der Waals surface area (Å²) in [7, 11) is 0. The van der Waals surface area contributed by atoms with Crippen molar-refractivity contribution in [3.05, 3.63) is 83.2 Å². The van der Waals surface area contributed by atoms with Gasteiger partial charge in [-0.1, -0.05) is 42.5 Å². The molecular weight excluding hydrogens is 387 g/mol. The van der Waals surface area contributed by atoms with Crippen molar-refractivity contribution in [3.63, 3.8) is 0 Å². The van der Waals surface area contributed by atoms with E-state index in [9.17, 15) is 19.4 Å². The molecule has 3 N–H and O–H groups in total. The molecule has 0 saturated heterocycles. The van der Waals surface area contributed by atoms with Crippen LogP contribution >= 0.6 is 0 Å². The Morgan fingerprint density at radius 3 is 2.47 bits per heavy atom. The van der Waals surface area contributed by atoms with Crippen LogP contribution in [0.25, 0.3) is 5.57 Å². The number of para-hydroxylation sites is 1. The molecule has 0 spiro atoms. The zero-order valence-electron chi connectivity index (χ0n) is 16.9. The molecule has 158 valence electrons. The topological polar surface area (TPSA) is 87.0 Å². The molecule has 2 aromatic rings. The van der Waals surface area contributed by atoms with Crippen molar-refractivity contribution in [2.45, 2.75) is 44.5 Å². The highest BCUT2D eigenvalue weighted by atomic mass is 19.1. The molecule has 0 aliphatic carbocycles. The second-order valence-electron chi connectivity index (χ2n) is 7.82. The van der Waals surface area contributed by atoms with Crippen molar-refractivity contribution in [2.75, 3.05) is 0 Å². The number of hydrogen-bond donors (Lipinski definition) is 3. The molecular formula is C24H25FO5. The number of carboxylic acids is 1. The molecule has 30 heavy (non-hydrogen) atoms. The van der Waals surface area contributed by atoms with Crippen LogP contribution in [-0.4, -0.2) is 39.1 Å². The summed E-state index contributed by atoms with van der Waals surface area (Å²) >= 11 is 0. The zero-order chi connectivity index (χ0) is 21.9. The van der Waals surface area contributed by atoms with Gasteiger partial charge < -0.3 is 20.1 Å². The summed E-state index contributed by atoms with van der Waals surface area (Å²) in [5.41, 5.74) is 2.55. The Morgan fingerprint density at radius 1 is 1.13 bits per heavy atom. The maximum absolute atomic E-state index is 13.5. The molecule has 0 amide bonds. The number of aliphatic hydroxyl groups excluding tert-OH is 2. The first-order chi connectivity index (χ1) is 14.2. The smallest absolute Gasteiger partial charge is 0.305 e. The van der Waals surface area contributed by atoms with E-state index >= 15 is 0 Å². The maximum atomic E-state index is 13.5. The first kappa shape index (κ1) is 21.7. The van der Waals surface area contributed by atoms with Crippen LogP contribution in [0.2, 0.25) is 0 Å². The van der Waals surface area contributed by atoms with Gasteiger partial charge in [-0.25, -0.2) is 4.39 Å². The van der Waals surface area contributed by atoms with E-state index in [1.807, 2.05) is 38.1 Å². The van der Waals surface area contributed by atoms with Crippen LogP contribution in [0.15, 0.2) is 66.3 Å². The number of aliphatic carboxylic acids is 1. The molecule has 0 saturated carbocycles. The highest BCUT2D eigenvalue weighted by molar-refractivity contribution is 5.88. The van der Waals surface area contributed by atoms with Crippen LogP contribution in [-0.2, 0) is 4.79 Å². The van der Waals surface area contributed by atoms with Gasteiger partial charge >= 0.3 is 5.97 Å². The van der Waals surface area contributed by atoms with Gasteiger partial charge in [0, 0.05) is 17.6 Å². The highest BCUT2D eigenvalue weighted by Crippen LogP contribution is 2.44. The molecule has 0 fully saturated rings. The van der Waals surface area contributed by atoms with Crippen LogP contribution in [0.1, 0.15) is 37.8 Å². The Kier molecular flexibility index (Phi) is 6.39. The third-order valence-corrected chi connectivity index (χ3v) is 4.98. The van der Waals surface area contributed by atoms with Crippen LogP contribution in [0.3, 0.4) is 0 Å². The van der Waals surface area contributed by atoms with Gasteiger partial charge in [-0.2, -0.15) is 0 Å². The molecule has 0 bridgehead atoms. The normalized spacial score (nSPS) is 17.4. The molecule has 0 radical (unpaired) electrons. The van der Waals surface area contributed by atoms with Crippen molar-refractivity contribution in [1.82, 2.24) is 0 Å². The van der Waals surface area contributed by atoms with E-state index in [2.05, 4.69) is 0 Å². The van der Waals surface area contributed by atoms with E-state index in [0.717, 1.165) is 22.3 Å². The zero-order valence-corrected chi connectivity index (χ0v) is 16.9. The molecule has 0 aromatic heterocycles. The fourth-order valence-electron chi connectivity index (χ4n) is 3.60. The van der Waals surface area contributed by atoms with Gasteiger partial charge in [0.2, 0.25) is 0 Å². The maximum Gasteiger partial charge on any atom is 0.305 e. The number of carbonyl (C=O) groups is 1.